The fraction of sp³-hybridized carbons (Fsp3) is 0.385. The maximum Gasteiger partial charge on any atom is 0.295 e. The van der Waals surface area contributed by atoms with Crippen LogP contribution >= 0.6 is 0 Å². The van der Waals surface area contributed by atoms with Crippen molar-refractivity contribution in [2.75, 3.05) is 33.8 Å². The van der Waals surface area contributed by atoms with Crippen LogP contribution in [-0.4, -0.2) is 65.5 Å². The summed E-state index contributed by atoms with van der Waals surface area (Å²) in [5, 5.41) is 20.8. The molecule has 1 atom stereocenters. The highest BCUT2D eigenvalue weighted by molar-refractivity contribution is 6.46. The number of rotatable bonds is 9. The molecule has 1 amide bonds. The van der Waals surface area contributed by atoms with Gasteiger partial charge in [-0.25, -0.2) is 0 Å². The van der Waals surface area contributed by atoms with Crippen molar-refractivity contribution in [3.63, 3.8) is 0 Å². The van der Waals surface area contributed by atoms with E-state index in [1.54, 1.807) is 36.4 Å². The van der Waals surface area contributed by atoms with E-state index in [-0.39, 0.29) is 17.1 Å². The average Bonchev–Trinajstić information content (AvgIpc) is 3.03. The molecule has 0 bridgehead atoms. The standard InChI is InChI=1S/C26H32N2O5/c1-17(2)16-33-21-12-8-19(9-13-21)24(30)22-23(18-6-10-20(29)11-7-18)28(26(32)25(22)31)15-5-14-27(3)4/h6-13,17,23,29-30H,5,14-16H2,1-4H3/b24-22+/t23-/m0/s1. The number of likely N-dealkylation sites (tertiary alicyclic amines) is 1. The maximum absolute atomic E-state index is 13.0. The van der Waals surface area contributed by atoms with Gasteiger partial charge >= 0.3 is 0 Å². The van der Waals surface area contributed by atoms with Crippen LogP contribution in [0.2, 0.25) is 0 Å². The number of benzene rings is 2. The minimum Gasteiger partial charge on any atom is -0.508 e. The number of phenols is 1. The number of aromatic hydroxyl groups is 1. The summed E-state index contributed by atoms with van der Waals surface area (Å²) < 4.78 is 5.69. The third-order valence-electron chi connectivity index (χ3n) is 5.46. The number of aliphatic hydroxyl groups excluding tert-OH is 1. The van der Waals surface area contributed by atoms with E-state index in [4.69, 9.17) is 4.74 Å². The van der Waals surface area contributed by atoms with Crippen molar-refractivity contribution < 1.29 is 24.5 Å². The predicted octanol–water partition coefficient (Wildman–Crippen LogP) is 3.80. The molecule has 0 aliphatic carbocycles. The Morgan fingerprint density at radius 1 is 1.06 bits per heavy atom. The zero-order chi connectivity index (χ0) is 24.1. The Balaban J connectivity index is 1.99. The highest BCUT2D eigenvalue weighted by atomic mass is 16.5. The number of Topliss-reactive ketones (excluding diaryl/α,β-unsaturated/α-hetero) is 1. The highest BCUT2D eigenvalue weighted by Gasteiger charge is 2.45. The van der Waals surface area contributed by atoms with E-state index in [2.05, 4.69) is 13.8 Å². The van der Waals surface area contributed by atoms with Crippen LogP contribution in [0.1, 0.15) is 37.4 Å². The van der Waals surface area contributed by atoms with E-state index in [1.165, 1.54) is 17.0 Å². The van der Waals surface area contributed by atoms with Crippen LogP contribution in [0.15, 0.2) is 54.1 Å². The Kier molecular flexibility index (Phi) is 7.76. The van der Waals surface area contributed by atoms with E-state index < -0.39 is 17.7 Å². The zero-order valence-corrected chi connectivity index (χ0v) is 19.6. The predicted molar refractivity (Wildman–Crippen MR) is 127 cm³/mol. The Hall–Kier alpha value is -3.32. The smallest absolute Gasteiger partial charge is 0.295 e. The fourth-order valence-corrected chi connectivity index (χ4v) is 3.80. The van der Waals surface area contributed by atoms with Crippen LogP contribution in [0.3, 0.4) is 0 Å². The van der Waals surface area contributed by atoms with Crippen LogP contribution in [0, 0.1) is 5.92 Å². The lowest BCUT2D eigenvalue weighted by Gasteiger charge is -2.26. The van der Waals surface area contributed by atoms with E-state index in [9.17, 15) is 19.8 Å². The second-order valence-corrected chi connectivity index (χ2v) is 8.97. The van der Waals surface area contributed by atoms with Gasteiger partial charge in [0, 0.05) is 12.1 Å². The van der Waals surface area contributed by atoms with Gasteiger partial charge in [0.15, 0.2) is 0 Å². The molecule has 2 aromatic rings. The summed E-state index contributed by atoms with van der Waals surface area (Å²) >= 11 is 0. The van der Waals surface area contributed by atoms with Crippen LogP contribution < -0.4 is 4.74 Å². The summed E-state index contributed by atoms with van der Waals surface area (Å²) in [6.07, 6.45) is 0.677. The number of carbonyl (C=O) groups excluding carboxylic acids is 2. The van der Waals surface area contributed by atoms with Crippen LogP contribution in [0.5, 0.6) is 11.5 Å². The van der Waals surface area contributed by atoms with Crippen molar-refractivity contribution in [2.24, 2.45) is 5.92 Å². The summed E-state index contributed by atoms with van der Waals surface area (Å²) in [7, 11) is 3.89. The minimum atomic E-state index is -0.732. The van der Waals surface area contributed by atoms with Crippen molar-refractivity contribution in [1.29, 1.82) is 0 Å². The van der Waals surface area contributed by atoms with E-state index >= 15 is 0 Å². The fourth-order valence-electron chi connectivity index (χ4n) is 3.80. The Bertz CT molecular complexity index is 1010. The molecule has 1 aliphatic rings. The molecule has 0 unspecified atom stereocenters. The molecule has 1 aliphatic heterocycles. The van der Waals surface area contributed by atoms with Gasteiger partial charge in [-0.3, -0.25) is 9.59 Å². The lowest BCUT2D eigenvalue weighted by Crippen LogP contribution is -2.32. The number of aliphatic hydroxyl groups is 1. The largest absolute Gasteiger partial charge is 0.508 e. The van der Waals surface area contributed by atoms with Gasteiger partial charge in [-0.1, -0.05) is 26.0 Å². The Labute approximate surface area is 194 Å². The first kappa shape index (κ1) is 24.3. The van der Waals surface area contributed by atoms with Gasteiger partial charge in [0.05, 0.1) is 18.2 Å². The van der Waals surface area contributed by atoms with Crippen molar-refractivity contribution >= 4 is 17.4 Å². The minimum absolute atomic E-state index is 0.0476. The monoisotopic (exact) mass is 452 g/mol. The molecule has 7 heteroatoms. The number of ether oxygens (including phenoxy) is 1. The van der Waals surface area contributed by atoms with Crippen molar-refractivity contribution in [3.05, 3.63) is 65.2 Å². The maximum atomic E-state index is 13.0. The molecule has 0 saturated carbocycles. The SMILES string of the molecule is CC(C)COc1ccc(/C(O)=C2\C(=O)C(=O)N(CCCN(C)C)[C@H]2c2ccc(O)cc2)cc1. The number of phenolic OH excluding ortho intramolecular Hbond substituents is 1. The van der Waals surface area contributed by atoms with Crippen molar-refractivity contribution in [1.82, 2.24) is 9.80 Å². The van der Waals surface area contributed by atoms with Crippen LogP contribution in [0.4, 0.5) is 0 Å². The van der Waals surface area contributed by atoms with Gasteiger partial charge in [-0.05, 0) is 74.9 Å². The summed E-state index contributed by atoms with van der Waals surface area (Å²) in [4.78, 5) is 29.5. The molecule has 7 nitrogen and oxygen atoms in total. The summed E-state index contributed by atoms with van der Waals surface area (Å²) in [5.41, 5.74) is 1.13. The zero-order valence-electron chi connectivity index (χ0n) is 19.6. The normalized spacial score (nSPS) is 17.9. The summed E-state index contributed by atoms with van der Waals surface area (Å²) in [5.74, 6) is -0.440. The van der Waals surface area contributed by atoms with Crippen molar-refractivity contribution in [2.45, 2.75) is 26.3 Å². The lowest BCUT2D eigenvalue weighted by atomic mass is 9.95. The number of ketones is 1. The van der Waals surface area contributed by atoms with Gasteiger partial charge in [-0.2, -0.15) is 0 Å². The summed E-state index contributed by atoms with van der Waals surface area (Å²) in [6.45, 7) is 5.81. The first-order chi connectivity index (χ1) is 15.7. The summed E-state index contributed by atoms with van der Waals surface area (Å²) in [6, 6.07) is 12.5. The molecule has 1 fully saturated rings. The Morgan fingerprint density at radius 3 is 2.27 bits per heavy atom. The highest BCUT2D eigenvalue weighted by Crippen LogP contribution is 2.40. The first-order valence-corrected chi connectivity index (χ1v) is 11.1. The molecule has 2 aromatic carbocycles. The molecule has 0 aromatic heterocycles. The van der Waals surface area contributed by atoms with E-state index in [0.717, 1.165) is 6.54 Å². The second-order valence-electron chi connectivity index (χ2n) is 8.97. The number of amides is 1. The number of nitrogens with zero attached hydrogens (tertiary/aromatic N) is 2. The molecule has 3 rings (SSSR count). The Morgan fingerprint density at radius 2 is 1.70 bits per heavy atom. The van der Waals surface area contributed by atoms with E-state index in [0.29, 0.717) is 42.4 Å². The topological polar surface area (TPSA) is 90.3 Å². The van der Waals surface area contributed by atoms with Gasteiger partial charge in [-0.15, -0.1) is 0 Å². The molecule has 1 saturated heterocycles. The molecular formula is C26H32N2O5. The second kappa shape index (κ2) is 10.5. The van der Waals surface area contributed by atoms with Gasteiger partial charge in [0.25, 0.3) is 11.7 Å². The first-order valence-electron chi connectivity index (χ1n) is 11.1. The van der Waals surface area contributed by atoms with Gasteiger partial charge in [0.2, 0.25) is 0 Å². The molecule has 2 N–H and O–H groups in total. The van der Waals surface area contributed by atoms with Crippen LogP contribution in [0.25, 0.3) is 5.76 Å². The third-order valence-corrected chi connectivity index (χ3v) is 5.46. The van der Waals surface area contributed by atoms with E-state index in [1.807, 2.05) is 19.0 Å². The van der Waals surface area contributed by atoms with Crippen LogP contribution in [-0.2, 0) is 9.59 Å². The van der Waals surface area contributed by atoms with Crippen molar-refractivity contribution in [3.8, 4) is 11.5 Å². The molecule has 0 radical (unpaired) electrons. The number of hydrogen-bond donors (Lipinski definition) is 2. The third kappa shape index (κ3) is 5.73. The molecule has 33 heavy (non-hydrogen) atoms. The molecule has 1 heterocycles. The quantitative estimate of drug-likeness (QED) is 0.342. The van der Waals surface area contributed by atoms with Gasteiger partial charge < -0.3 is 24.7 Å². The molecule has 0 spiro atoms. The molecular weight excluding hydrogens is 420 g/mol. The number of hydrogen-bond acceptors (Lipinski definition) is 6. The molecule has 176 valence electrons. The average molecular weight is 453 g/mol. The van der Waals surface area contributed by atoms with Gasteiger partial charge in [0.1, 0.15) is 17.3 Å². The lowest BCUT2D eigenvalue weighted by molar-refractivity contribution is -0.139. The number of carbonyl (C=O) groups is 2.